The van der Waals surface area contributed by atoms with Gasteiger partial charge in [-0.05, 0) is 0 Å². The molecule has 0 fully saturated rings. The van der Waals surface area contributed by atoms with Crippen molar-refractivity contribution in [2.75, 3.05) is 18.9 Å². The number of nitrogens with zero attached hydrogens (tertiary/aromatic N) is 1. The third kappa shape index (κ3) is 11.0. The molecule has 0 aliphatic heterocycles. The van der Waals surface area contributed by atoms with E-state index in [0.717, 1.165) is 0 Å². The summed E-state index contributed by atoms with van der Waals surface area (Å²) in [7, 11) is -12.7. The molecular weight excluding hydrogens is 283 g/mol. The molecule has 0 saturated heterocycles. The molecule has 12 heteroatoms. The first kappa shape index (κ1) is 16.5. The molecule has 0 radical (unpaired) electrons. The Labute approximate surface area is 91.8 Å². The summed E-state index contributed by atoms with van der Waals surface area (Å²) >= 11 is 0. The van der Waals surface area contributed by atoms with E-state index in [4.69, 9.17) is 29.4 Å². The lowest BCUT2D eigenvalue weighted by atomic mass is 11.0. The van der Waals surface area contributed by atoms with Crippen LogP contribution in [-0.4, -0.2) is 59.4 Å². The Kier molecular flexibility index (Phi) is 5.58. The molecule has 0 aliphatic rings. The van der Waals surface area contributed by atoms with E-state index in [1.807, 2.05) is 0 Å². The molecule has 0 aromatic heterocycles. The van der Waals surface area contributed by atoms with Gasteiger partial charge in [0.25, 0.3) is 0 Å². The van der Waals surface area contributed by atoms with Crippen molar-refractivity contribution in [3.05, 3.63) is 0 Å². The molecule has 0 bridgehead atoms. The first-order valence-electron chi connectivity index (χ1n) is 3.78. The molecule has 0 unspecified atom stereocenters. The van der Waals surface area contributed by atoms with E-state index in [2.05, 4.69) is 6.30 Å². The molecule has 16 heavy (non-hydrogen) atoms. The maximum absolute atomic E-state index is 10.6. The Balaban J connectivity index is 4.72. The highest BCUT2D eigenvalue weighted by Crippen LogP contribution is 2.44. The Morgan fingerprint density at radius 3 is 1.31 bits per heavy atom. The van der Waals surface area contributed by atoms with Crippen LogP contribution in [0.2, 0.25) is 0 Å². The summed E-state index contributed by atoms with van der Waals surface area (Å²) in [6.45, 7) is 0. The quantitative estimate of drug-likeness (QED) is 0.330. The summed E-state index contributed by atoms with van der Waals surface area (Å²) in [5.74, 6) is 0. The standard InChI is InChI=1S/C4H14NO8P3/c1-14(6,7)2-5(3-15(8,9)10)4-16(11,12)13/h6-7H,1-4H2,(H2,8,9,10)(H2,11,12,13). The van der Waals surface area contributed by atoms with Gasteiger partial charge in [-0.3, -0.25) is 14.0 Å². The average Bonchev–Trinajstić information content (AvgIpc) is 1.70. The van der Waals surface area contributed by atoms with Crippen LogP contribution >= 0.6 is 22.5 Å². The second kappa shape index (κ2) is 5.42. The van der Waals surface area contributed by atoms with E-state index >= 15 is 0 Å². The smallest absolute Gasteiger partial charge is 0.339 e. The number of hydrogen-bond donors (Lipinski definition) is 6. The lowest BCUT2D eigenvalue weighted by Gasteiger charge is -2.25. The van der Waals surface area contributed by atoms with E-state index in [9.17, 15) is 9.13 Å². The molecule has 0 amide bonds. The highest BCUT2D eigenvalue weighted by Gasteiger charge is 2.27. The highest BCUT2D eigenvalue weighted by molar-refractivity contribution is 7.62. The average molecular weight is 297 g/mol. The van der Waals surface area contributed by atoms with Crippen LogP contribution in [0.5, 0.6) is 0 Å². The second-order valence-corrected chi connectivity index (χ2v) is 8.57. The molecule has 0 saturated carbocycles. The molecule has 98 valence electrons. The van der Waals surface area contributed by atoms with Crippen molar-refractivity contribution in [3.63, 3.8) is 0 Å². The van der Waals surface area contributed by atoms with Gasteiger partial charge < -0.3 is 29.4 Å². The van der Waals surface area contributed by atoms with Crippen molar-refractivity contribution in [2.24, 2.45) is 0 Å². The third-order valence-corrected chi connectivity index (χ3v) is 3.58. The maximum Gasteiger partial charge on any atom is 0.339 e. The van der Waals surface area contributed by atoms with Gasteiger partial charge >= 0.3 is 15.2 Å². The van der Waals surface area contributed by atoms with Gasteiger partial charge in [-0.1, -0.05) is 6.30 Å². The molecule has 0 aromatic rings. The summed E-state index contributed by atoms with van der Waals surface area (Å²) in [6, 6.07) is 0. The van der Waals surface area contributed by atoms with E-state index in [1.54, 1.807) is 0 Å². The minimum atomic E-state index is -4.54. The topological polar surface area (TPSA) is 159 Å². The van der Waals surface area contributed by atoms with Gasteiger partial charge in [0.15, 0.2) is 0 Å². The van der Waals surface area contributed by atoms with E-state index in [0.29, 0.717) is 4.90 Å². The zero-order valence-corrected chi connectivity index (χ0v) is 10.8. The van der Waals surface area contributed by atoms with Crippen molar-refractivity contribution < 1.29 is 38.5 Å². The van der Waals surface area contributed by atoms with Crippen LogP contribution in [0.3, 0.4) is 0 Å². The van der Waals surface area contributed by atoms with Crippen molar-refractivity contribution in [3.8, 4) is 0 Å². The molecule has 0 aromatic carbocycles. The minimum Gasteiger partial charge on any atom is -0.352 e. The highest BCUT2D eigenvalue weighted by atomic mass is 31.2. The fourth-order valence-corrected chi connectivity index (χ4v) is 3.73. The fourth-order valence-electron chi connectivity index (χ4n) is 0.976. The fraction of sp³-hybridized carbons (Fsp3) is 0.750. The Morgan fingerprint density at radius 2 is 1.12 bits per heavy atom. The van der Waals surface area contributed by atoms with Crippen molar-refractivity contribution in [2.45, 2.75) is 0 Å². The zero-order chi connectivity index (χ0) is 13.2. The van der Waals surface area contributed by atoms with Gasteiger partial charge in [0, 0.05) is 0 Å². The van der Waals surface area contributed by atoms with Gasteiger partial charge in [0.2, 0.25) is 0 Å². The SMILES string of the molecule is C=P(O)(O)CN(CP(=O)(O)O)CP(=O)(O)O. The Morgan fingerprint density at radius 1 is 0.812 bits per heavy atom. The van der Waals surface area contributed by atoms with Crippen molar-refractivity contribution in [1.29, 1.82) is 0 Å². The summed E-state index contributed by atoms with van der Waals surface area (Å²) in [5, 5.41) is 0. The minimum absolute atomic E-state index is 0.586. The zero-order valence-electron chi connectivity index (χ0n) is 8.12. The number of rotatable bonds is 6. The second-order valence-electron chi connectivity index (χ2n) is 3.30. The molecule has 6 N–H and O–H groups in total. The van der Waals surface area contributed by atoms with Crippen molar-refractivity contribution >= 4 is 28.8 Å². The summed E-state index contributed by atoms with van der Waals surface area (Å²) in [5.41, 5.74) is 0. The maximum atomic E-state index is 10.6. The molecule has 0 heterocycles. The van der Waals surface area contributed by atoms with Crippen LogP contribution < -0.4 is 0 Å². The predicted molar refractivity (Wildman–Crippen MR) is 59.0 cm³/mol. The first-order valence-corrected chi connectivity index (χ1v) is 9.44. The molecule has 0 aliphatic carbocycles. The summed E-state index contributed by atoms with van der Waals surface area (Å²) in [4.78, 5) is 53.1. The Bertz CT molecular complexity index is 306. The van der Waals surface area contributed by atoms with Crippen LogP contribution in [0.25, 0.3) is 0 Å². The lowest BCUT2D eigenvalue weighted by Crippen LogP contribution is -2.27. The molecule has 0 rings (SSSR count). The van der Waals surface area contributed by atoms with E-state index < -0.39 is 41.4 Å². The lowest BCUT2D eigenvalue weighted by molar-refractivity contribution is 0.292. The van der Waals surface area contributed by atoms with Crippen LogP contribution in [0.1, 0.15) is 0 Å². The van der Waals surface area contributed by atoms with Gasteiger partial charge in [0.1, 0.15) is 19.9 Å². The third-order valence-electron chi connectivity index (χ3n) is 1.19. The van der Waals surface area contributed by atoms with Gasteiger partial charge in [-0.25, -0.2) is 0 Å². The van der Waals surface area contributed by atoms with Crippen LogP contribution in [0.4, 0.5) is 0 Å². The molecule has 0 atom stereocenters. The largest absolute Gasteiger partial charge is 0.352 e. The first-order chi connectivity index (χ1) is 6.79. The van der Waals surface area contributed by atoms with Crippen LogP contribution in [-0.2, 0) is 9.13 Å². The summed E-state index contributed by atoms with van der Waals surface area (Å²) in [6.07, 6.45) is 0.302. The normalized spacial score (nSPS) is 14.4. The van der Waals surface area contributed by atoms with Crippen LogP contribution in [0, 0.1) is 0 Å². The number of hydrogen-bond acceptors (Lipinski definition) is 5. The molecule has 9 nitrogen and oxygen atoms in total. The van der Waals surface area contributed by atoms with Crippen LogP contribution in [0.15, 0.2) is 0 Å². The van der Waals surface area contributed by atoms with Gasteiger partial charge in [-0.15, -0.1) is 0 Å². The molecular formula is C4H14NO8P3. The van der Waals surface area contributed by atoms with Gasteiger partial charge in [0.05, 0.1) is 6.29 Å². The predicted octanol–water partition coefficient (Wildman–Crippen LogP) is -1.22. The van der Waals surface area contributed by atoms with E-state index in [-0.39, 0.29) is 0 Å². The van der Waals surface area contributed by atoms with Crippen molar-refractivity contribution in [1.82, 2.24) is 4.90 Å². The van der Waals surface area contributed by atoms with E-state index in [1.165, 1.54) is 0 Å². The monoisotopic (exact) mass is 297 g/mol. The van der Waals surface area contributed by atoms with Gasteiger partial charge in [-0.2, -0.15) is 0 Å². The molecule has 0 spiro atoms. The summed E-state index contributed by atoms with van der Waals surface area (Å²) < 4.78 is 21.3. The Hall–Kier alpha value is 0.480.